The highest BCUT2D eigenvalue weighted by molar-refractivity contribution is 9.10. The number of phenolic OH excluding ortho intramolecular Hbond substituents is 1. The Labute approximate surface area is 134 Å². The Bertz CT molecular complexity index is 698. The maximum absolute atomic E-state index is 9.87. The summed E-state index contributed by atoms with van der Waals surface area (Å²) in [6.45, 7) is 0.358. The van der Waals surface area contributed by atoms with Gasteiger partial charge in [0.1, 0.15) is 5.75 Å². The van der Waals surface area contributed by atoms with Gasteiger partial charge in [0.25, 0.3) is 0 Å². The van der Waals surface area contributed by atoms with Crippen molar-refractivity contribution in [1.82, 2.24) is 0 Å². The molecule has 0 aliphatic rings. The Morgan fingerprint density at radius 3 is 2.65 bits per heavy atom. The van der Waals surface area contributed by atoms with Crippen molar-refractivity contribution in [3.63, 3.8) is 0 Å². The van der Waals surface area contributed by atoms with Crippen LogP contribution in [0, 0.1) is 11.3 Å². The highest BCUT2D eigenvalue weighted by Crippen LogP contribution is 2.32. The second-order valence-electron chi connectivity index (χ2n) is 4.06. The van der Waals surface area contributed by atoms with Crippen molar-refractivity contribution in [1.29, 1.82) is 5.26 Å². The molecule has 102 valence electrons. The average molecular weight is 372 g/mol. The molecule has 0 saturated heterocycles. The summed E-state index contributed by atoms with van der Waals surface area (Å²) in [6, 6.07) is 10.4. The number of anilines is 1. The third kappa shape index (κ3) is 3.37. The number of nitrogens with zero attached hydrogens (tertiary/aromatic N) is 1. The molecule has 0 unspecified atom stereocenters. The van der Waals surface area contributed by atoms with Crippen molar-refractivity contribution in [3.05, 3.63) is 56.0 Å². The SMILES string of the molecule is N#Cc1ccc(NCc2cc(Cl)cc(Cl)c2O)c(Br)c1. The molecular formula is C14H9BrCl2N2O. The highest BCUT2D eigenvalue weighted by atomic mass is 79.9. The lowest BCUT2D eigenvalue weighted by atomic mass is 10.2. The molecule has 0 radical (unpaired) electrons. The topological polar surface area (TPSA) is 56.0 Å². The molecule has 6 heteroatoms. The molecule has 3 nitrogen and oxygen atoms in total. The monoisotopic (exact) mass is 370 g/mol. The van der Waals surface area contributed by atoms with E-state index in [4.69, 9.17) is 28.5 Å². The van der Waals surface area contributed by atoms with Crippen LogP contribution in [0.5, 0.6) is 5.75 Å². The molecule has 20 heavy (non-hydrogen) atoms. The average Bonchev–Trinajstić information content (AvgIpc) is 2.42. The molecule has 0 bridgehead atoms. The van der Waals surface area contributed by atoms with E-state index in [1.165, 1.54) is 6.07 Å². The van der Waals surface area contributed by atoms with Gasteiger partial charge < -0.3 is 10.4 Å². The van der Waals surface area contributed by atoms with Crippen LogP contribution in [0.15, 0.2) is 34.8 Å². The molecule has 2 N–H and O–H groups in total. The van der Waals surface area contributed by atoms with E-state index in [0.717, 1.165) is 10.2 Å². The predicted molar refractivity (Wildman–Crippen MR) is 84.3 cm³/mol. The summed E-state index contributed by atoms with van der Waals surface area (Å²) in [5.41, 5.74) is 1.97. The quantitative estimate of drug-likeness (QED) is 0.802. The first-order valence-corrected chi connectivity index (χ1v) is 7.16. The van der Waals surface area contributed by atoms with Crippen LogP contribution in [0.4, 0.5) is 5.69 Å². The summed E-state index contributed by atoms with van der Waals surface area (Å²) in [6.07, 6.45) is 0. The molecule has 0 aliphatic carbocycles. The van der Waals surface area contributed by atoms with E-state index < -0.39 is 0 Å². The van der Waals surface area contributed by atoms with Crippen molar-refractivity contribution in [2.45, 2.75) is 6.54 Å². The number of rotatable bonds is 3. The fourth-order valence-electron chi connectivity index (χ4n) is 1.67. The van der Waals surface area contributed by atoms with Crippen LogP contribution >= 0.6 is 39.1 Å². The lowest BCUT2D eigenvalue weighted by molar-refractivity contribution is 0.469. The van der Waals surface area contributed by atoms with E-state index in [9.17, 15) is 5.11 Å². The van der Waals surface area contributed by atoms with Crippen molar-refractivity contribution in [2.75, 3.05) is 5.32 Å². The number of hydrogen-bond donors (Lipinski definition) is 2. The first-order chi connectivity index (χ1) is 9.51. The van der Waals surface area contributed by atoms with Gasteiger partial charge in [0.05, 0.1) is 16.7 Å². The smallest absolute Gasteiger partial charge is 0.139 e. The van der Waals surface area contributed by atoms with E-state index >= 15 is 0 Å². The lowest BCUT2D eigenvalue weighted by Gasteiger charge is -2.11. The molecule has 0 saturated carbocycles. The number of hydrogen-bond acceptors (Lipinski definition) is 3. The normalized spacial score (nSPS) is 10.1. The van der Waals surface area contributed by atoms with Crippen molar-refractivity contribution in [2.24, 2.45) is 0 Å². The van der Waals surface area contributed by atoms with Gasteiger partial charge in [-0.3, -0.25) is 0 Å². The maximum atomic E-state index is 9.87. The number of nitrogens with one attached hydrogen (secondary N) is 1. The lowest BCUT2D eigenvalue weighted by Crippen LogP contribution is -2.01. The number of halogens is 3. The molecule has 2 rings (SSSR count). The number of benzene rings is 2. The molecule has 0 heterocycles. The Kier molecular flexibility index (Phi) is 4.77. The Balaban J connectivity index is 2.19. The maximum Gasteiger partial charge on any atom is 0.139 e. The number of aromatic hydroxyl groups is 1. The molecule has 0 aliphatic heterocycles. The molecule has 0 amide bonds. The molecular weight excluding hydrogens is 363 g/mol. The van der Waals surface area contributed by atoms with Gasteiger partial charge >= 0.3 is 0 Å². The second kappa shape index (κ2) is 6.36. The largest absolute Gasteiger partial charge is 0.506 e. The van der Waals surface area contributed by atoms with Crippen LogP contribution in [0.25, 0.3) is 0 Å². The van der Waals surface area contributed by atoms with Crippen LogP contribution in [0.2, 0.25) is 10.0 Å². The fraction of sp³-hybridized carbons (Fsp3) is 0.0714. The van der Waals surface area contributed by atoms with Crippen LogP contribution < -0.4 is 5.32 Å². The predicted octanol–water partition coefficient (Wildman–Crippen LogP) is 4.95. The molecule has 0 aromatic heterocycles. The minimum absolute atomic E-state index is 0.00772. The van der Waals surface area contributed by atoms with Crippen LogP contribution in [0.1, 0.15) is 11.1 Å². The summed E-state index contributed by atoms with van der Waals surface area (Å²) in [7, 11) is 0. The van der Waals surface area contributed by atoms with Gasteiger partial charge in [-0.2, -0.15) is 5.26 Å². The number of nitriles is 1. The first-order valence-electron chi connectivity index (χ1n) is 5.61. The molecule has 2 aromatic carbocycles. The summed E-state index contributed by atoms with van der Waals surface area (Å²) < 4.78 is 0.768. The Hall–Kier alpha value is -1.41. The summed E-state index contributed by atoms with van der Waals surface area (Å²) in [5, 5.41) is 22.5. The van der Waals surface area contributed by atoms with Gasteiger partial charge in [0.15, 0.2) is 0 Å². The molecule has 0 spiro atoms. The molecule has 0 fully saturated rings. The van der Waals surface area contributed by atoms with Crippen LogP contribution in [-0.2, 0) is 6.54 Å². The van der Waals surface area contributed by atoms with Crippen molar-refractivity contribution in [3.8, 4) is 11.8 Å². The van der Waals surface area contributed by atoms with Gasteiger partial charge in [-0.05, 0) is 46.3 Å². The van der Waals surface area contributed by atoms with E-state index in [1.54, 1.807) is 24.3 Å². The standard InChI is InChI=1S/C14H9BrCl2N2O/c15-11-3-8(6-18)1-2-13(11)19-7-9-4-10(16)5-12(17)14(9)20/h1-5,19-20H,7H2. The number of phenols is 1. The summed E-state index contributed by atoms with van der Waals surface area (Å²) in [5.74, 6) is 0.00772. The van der Waals surface area contributed by atoms with Gasteiger partial charge in [-0.1, -0.05) is 23.2 Å². The van der Waals surface area contributed by atoms with Gasteiger partial charge in [-0.15, -0.1) is 0 Å². The Morgan fingerprint density at radius 1 is 1.25 bits per heavy atom. The van der Waals surface area contributed by atoms with Crippen molar-refractivity contribution < 1.29 is 5.11 Å². The third-order valence-electron chi connectivity index (χ3n) is 2.67. The minimum atomic E-state index is 0.00772. The van der Waals surface area contributed by atoms with Crippen LogP contribution in [0.3, 0.4) is 0 Å². The zero-order chi connectivity index (χ0) is 14.7. The second-order valence-corrected chi connectivity index (χ2v) is 5.75. The van der Waals surface area contributed by atoms with E-state index in [1.807, 2.05) is 0 Å². The van der Waals surface area contributed by atoms with E-state index in [0.29, 0.717) is 22.7 Å². The summed E-state index contributed by atoms with van der Waals surface area (Å²) in [4.78, 5) is 0. The fourth-order valence-corrected chi connectivity index (χ4v) is 2.73. The summed E-state index contributed by atoms with van der Waals surface area (Å²) >= 11 is 15.2. The van der Waals surface area contributed by atoms with E-state index in [2.05, 4.69) is 27.3 Å². The zero-order valence-corrected chi connectivity index (χ0v) is 13.2. The third-order valence-corrected chi connectivity index (χ3v) is 3.84. The molecule has 2 aromatic rings. The van der Waals surface area contributed by atoms with Crippen molar-refractivity contribution >= 4 is 44.8 Å². The van der Waals surface area contributed by atoms with Gasteiger partial charge in [0, 0.05) is 27.3 Å². The van der Waals surface area contributed by atoms with E-state index in [-0.39, 0.29) is 10.8 Å². The highest BCUT2D eigenvalue weighted by Gasteiger charge is 2.08. The van der Waals surface area contributed by atoms with Crippen LogP contribution in [-0.4, -0.2) is 5.11 Å². The zero-order valence-electron chi connectivity index (χ0n) is 10.1. The molecule has 0 atom stereocenters. The van der Waals surface area contributed by atoms with Gasteiger partial charge in [-0.25, -0.2) is 0 Å². The van der Waals surface area contributed by atoms with Gasteiger partial charge in [0.2, 0.25) is 0 Å². The minimum Gasteiger partial charge on any atom is -0.506 e. The first kappa shape index (κ1) is 15.0. The Morgan fingerprint density at radius 2 is 2.00 bits per heavy atom.